The van der Waals surface area contributed by atoms with Gasteiger partial charge in [-0.3, -0.25) is 0 Å². The van der Waals surface area contributed by atoms with Crippen molar-refractivity contribution in [3.8, 4) is 0 Å². The Hall–Kier alpha value is -1.82. The molecule has 0 saturated heterocycles. The molecule has 0 saturated carbocycles. The molecular weight excluding hydrogens is 180 g/mol. The van der Waals surface area contributed by atoms with E-state index in [1.165, 1.54) is 0 Å². The van der Waals surface area contributed by atoms with Crippen LogP contribution in [0.15, 0.2) is 60.7 Å². The highest BCUT2D eigenvalue weighted by Crippen LogP contribution is 2.16. The molecule has 2 rings (SSSR count). The van der Waals surface area contributed by atoms with Crippen LogP contribution in [0.3, 0.4) is 0 Å². The van der Waals surface area contributed by atoms with Crippen LogP contribution in [0.1, 0.15) is 22.1 Å². The summed E-state index contributed by atoms with van der Waals surface area (Å²) in [6, 6.07) is 18.7. The van der Waals surface area contributed by atoms with Crippen LogP contribution in [0, 0.1) is 0 Å². The van der Waals surface area contributed by atoms with Crippen LogP contribution >= 0.6 is 0 Å². The van der Waals surface area contributed by atoms with E-state index in [4.69, 9.17) is 4.11 Å². The Labute approximate surface area is 95.1 Å². The molecule has 0 aliphatic heterocycles. The van der Waals surface area contributed by atoms with Crippen molar-refractivity contribution in [2.24, 2.45) is 0 Å². The molecule has 0 heterocycles. The summed E-state index contributed by atoms with van der Waals surface area (Å²) >= 11 is 0. The third-order valence-corrected chi connectivity index (χ3v) is 2.20. The van der Waals surface area contributed by atoms with Crippen LogP contribution < -0.4 is 0 Å². The van der Waals surface area contributed by atoms with E-state index in [2.05, 4.69) is 0 Å². The fraction of sp³-hybridized carbons (Fsp3) is 0.0667. The van der Waals surface area contributed by atoms with Crippen LogP contribution in [0.4, 0.5) is 0 Å². The first kappa shape index (κ1) is 6.62. The molecule has 0 spiro atoms. The second kappa shape index (κ2) is 4.61. The zero-order chi connectivity index (χ0) is 13.0. The molecule has 74 valence electrons. The maximum atomic E-state index is 7.64. The summed E-state index contributed by atoms with van der Waals surface area (Å²) in [4.78, 5) is 0. The number of hydrogen-bond donors (Lipinski definition) is 0. The molecule has 0 N–H and O–H groups in total. The smallest absolute Gasteiger partial charge is 0.0280 e. The Kier molecular flexibility index (Phi) is 2.03. The van der Waals surface area contributed by atoms with Crippen LogP contribution in [-0.2, 0) is 0 Å². The first-order chi connectivity index (χ1) is 8.57. The summed E-state index contributed by atoms with van der Waals surface area (Å²) in [5.74, 6) is 0. The molecule has 0 atom stereocenters. The molecule has 0 bridgehead atoms. The summed E-state index contributed by atoms with van der Waals surface area (Å²) in [5.41, 5.74) is 2.00. The van der Waals surface area contributed by atoms with E-state index < -0.39 is 6.85 Å². The fourth-order valence-corrected chi connectivity index (χ4v) is 1.42. The molecule has 0 aliphatic carbocycles. The van der Waals surface area contributed by atoms with Crippen molar-refractivity contribution >= 4 is 11.6 Å². The molecule has 2 aromatic carbocycles. The van der Waals surface area contributed by atoms with Gasteiger partial charge in [-0.15, -0.1) is 0 Å². The lowest BCUT2D eigenvalue weighted by Crippen LogP contribution is -1.78. The Morgan fingerprint density at radius 2 is 1.53 bits per heavy atom. The van der Waals surface area contributed by atoms with Crippen LogP contribution in [-0.4, -0.2) is 0 Å². The summed E-state index contributed by atoms with van der Waals surface area (Å²) in [7, 11) is 0. The quantitative estimate of drug-likeness (QED) is 0.631. The monoisotopic (exact) mass is 197 g/mol. The molecule has 0 amide bonds. The van der Waals surface area contributed by atoms with Crippen molar-refractivity contribution in [3.05, 3.63) is 71.8 Å². The maximum absolute atomic E-state index is 7.64. The predicted octanol–water partition coefficient (Wildman–Crippen LogP) is 4.25. The fourth-order valence-electron chi connectivity index (χ4n) is 1.42. The summed E-state index contributed by atoms with van der Waals surface area (Å²) < 4.78 is 22.9. The van der Waals surface area contributed by atoms with Gasteiger partial charge < -0.3 is 0 Å². The minimum absolute atomic E-state index is 0.370. The van der Waals surface area contributed by atoms with Gasteiger partial charge in [0, 0.05) is 4.11 Å². The molecule has 0 aromatic heterocycles. The van der Waals surface area contributed by atoms with E-state index in [9.17, 15) is 0 Å². The first-order valence-corrected chi connectivity index (χ1v) is 4.90. The molecule has 0 heteroatoms. The highest BCUT2D eigenvalue weighted by molar-refractivity contribution is 5.79. The van der Waals surface area contributed by atoms with Gasteiger partial charge in [0.2, 0.25) is 0 Å². The van der Waals surface area contributed by atoms with Crippen molar-refractivity contribution < 1.29 is 4.11 Å². The minimum Gasteiger partial charge on any atom is -0.0622 e. The van der Waals surface area contributed by atoms with E-state index in [1.54, 1.807) is 6.08 Å². The lowest BCUT2D eigenvalue weighted by Gasteiger charge is -2.01. The SMILES string of the molecule is [2H]C([2H])([2H])/C(=C\c1ccccc1)c1ccccc1. The standard InChI is InChI=1S/C15H14/c1-13(15-10-6-3-7-11-15)12-14-8-4-2-5-9-14/h2-12H,1H3/b13-12+/i1D3. The average Bonchev–Trinajstić information content (AvgIpc) is 2.37. The second-order valence-electron chi connectivity index (χ2n) is 3.33. The number of rotatable bonds is 2. The van der Waals surface area contributed by atoms with E-state index in [0.717, 1.165) is 11.1 Å². The van der Waals surface area contributed by atoms with Crippen molar-refractivity contribution in [1.29, 1.82) is 0 Å². The third kappa shape index (κ3) is 2.57. The molecule has 0 radical (unpaired) electrons. The van der Waals surface area contributed by atoms with E-state index in [1.807, 2.05) is 60.7 Å². The molecule has 0 nitrogen and oxygen atoms in total. The van der Waals surface area contributed by atoms with E-state index in [0.29, 0.717) is 5.57 Å². The maximum Gasteiger partial charge on any atom is 0.0280 e. The molecule has 15 heavy (non-hydrogen) atoms. The Balaban J connectivity index is 2.48. The van der Waals surface area contributed by atoms with Gasteiger partial charge in [-0.25, -0.2) is 0 Å². The van der Waals surface area contributed by atoms with Crippen molar-refractivity contribution in [2.45, 2.75) is 6.85 Å². The Bertz CT molecular complexity index is 525. The van der Waals surface area contributed by atoms with Crippen LogP contribution in [0.25, 0.3) is 11.6 Å². The van der Waals surface area contributed by atoms with E-state index >= 15 is 0 Å². The molecular formula is C15H14. The van der Waals surface area contributed by atoms with Gasteiger partial charge in [0.05, 0.1) is 0 Å². The highest BCUT2D eigenvalue weighted by atomic mass is 14.0. The normalized spacial score (nSPS) is 15.2. The van der Waals surface area contributed by atoms with Crippen molar-refractivity contribution in [2.75, 3.05) is 0 Å². The third-order valence-electron chi connectivity index (χ3n) is 2.20. The Morgan fingerprint density at radius 1 is 0.933 bits per heavy atom. The van der Waals surface area contributed by atoms with Crippen LogP contribution in [0.5, 0.6) is 0 Å². The van der Waals surface area contributed by atoms with Crippen molar-refractivity contribution in [1.82, 2.24) is 0 Å². The lowest BCUT2D eigenvalue weighted by atomic mass is 10.0. The summed E-state index contributed by atoms with van der Waals surface area (Å²) in [5, 5.41) is 0. The second-order valence-corrected chi connectivity index (χ2v) is 3.33. The van der Waals surface area contributed by atoms with Gasteiger partial charge in [-0.2, -0.15) is 0 Å². The average molecular weight is 197 g/mol. The predicted molar refractivity (Wildman–Crippen MR) is 66.4 cm³/mol. The topological polar surface area (TPSA) is 0 Å². The highest BCUT2D eigenvalue weighted by Gasteiger charge is 1.93. The van der Waals surface area contributed by atoms with Crippen LogP contribution in [0.2, 0.25) is 0 Å². The van der Waals surface area contributed by atoms with Crippen molar-refractivity contribution in [3.63, 3.8) is 0 Å². The van der Waals surface area contributed by atoms with Gasteiger partial charge in [-0.1, -0.05) is 66.7 Å². The zero-order valence-corrected chi connectivity index (χ0v) is 8.35. The molecule has 2 aromatic rings. The first-order valence-electron chi connectivity index (χ1n) is 6.40. The summed E-state index contributed by atoms with van der Waals surface area (Å²) in [6.45, 7) is -2.11. The largest absolute Gasteiger partial charge is 0.0622 e. The summed E-state index contributed by atoms with van der Waals surface area (Å²) in [6.07, 6.45) is 1.72. The number of allylic oxidation sites excluding steroid dienone is 1. The molecule has 0 unspecified atom stereocenters. The van der Waals surface area contributed by atoms with Gasteiger partial charge in [0.25, 0.3) is 0 Å². The van der Waals surface area contributed by atoms with Gasteiger partial charge in [0.1, 0.15) is 0 Å². The number of hydrogen-bond acceptors (Lipinski definition) is 0. The van der Waals surface area contributed by atoms with E-state index in [-0.39, 0.29) is 0 Å². The van der Waals surface area contributed by atoms with Gasteiger partial charge >= 0.3 is 0 Å². The zero-order valence-electron chi connectivity index (χ0n) is 11.4. The molecule has 0 fully saturated rings. The minimum atomic E-state index is -2.11. The molecule has 0 aliphatic rings. The van der Waals surface area contributed by atoms with Gasteiger partial charge in [-0.05, 0) is 23.6 Å². The Morgan fingerprint density at radius 3 is 2.13 bits per heavy atom. The van der Waals surface area contributed by atoms with Gasteiger partial charge in [0.15, 0.2) is 0 Å². The lowest BCUT2D eigenvalue weighted by molar-refractivity contribution is 1.57. The number of benzene rings is 2.